The molecule has 0 saturated carbocycles. The number of ether oxygens (including phenoxy) is 1. The fourth-order valence-corrected chi connectivity index (χ4v) is 3.09. The van der Waals surface area contributed by atoms with E-state index in [4.69, 9.17) is 4.74 Å². The number of pyridine rings is 1. The van der Waals surface area contributed by atoms with Crippen LogP contribution in [0.5, 0.6) is 5.75 Å². The summed E-state index contributed by atoms with van der Waals surface area (Å²) in [5.74, 6) is 1.14. The van der Waals surface area contributed by atoms with Crippen molar-refractivity contribution < 1.29 is 14.6 Å². The minimum atomic E-state index is -1.22. The molecule has 1 saturated heterocycles. The number of nitrogens with one attached hydrogen (secondary N) is 1. The SMILES string of the molecule is COc1ccc(C(O)C(=O)NCc2cccnc2N2CCN(C)CC2)cc1. The van der Waals surface area contributed by atoms with Crippen LogP contribution in [0.3, 0.4) is 0 Å². The van der Waals surface area contributed by atoms with E-state index in [2.05, 4.69) is 27.1 Å². The molecule has 3 rings (SSSR count). The Labute approximate surface area is 159 Å². The third-order valence-electron chi connectivity index (χ3n) is 4.80. The molecule has 1 aromatic carbocycles. The van der Waals surface area contributed by atoms with E-state index in [1.165, 1.54) is 0 Å². The van der Waals surface area contributed by atoms with Gasteiger partial charge in [-0.3, -0.25) is 4.79 Å². The zero-order valence-corrected chi connectivity index (χ0v) is 15.8. The van der Waals surface area contributed by atoms with Crippen molar-refractivity contribution in [2.45, 2.75) is 12.6 Å². The lowest BCUT2D eigenvalue weighted by molar-refractivity contribution is -0.129. The maximum absolute atomic E-state index is 12.4. The van der Waals surface area contributed by atoms with Gasteiger partial charge in [-0.2, -0.15) is 0 Å². The predicted molar refractivity (Wildman–Crippen MR) is 104 cm³/mol. The number of hydrogen-bond donors (Lipinski definition) is 2. The molecule has 0 spiro atoms. The first kappa shape index (κ1) is 19.1. The zero-order chi connectivity index (χ0) is 19.2. The minimum Gasteiger partial charge on any atom is -0.497 e. The van der Waals surface area contributed by atoms with Gasteiger partial charge < -0.3 is 25.0 Å². The van der Waals surface area contributed by atoms with Crippen LogP contribution in [0.15, 0.2) is 42.6 Å². The van der Waals surface area contributed by atoms with Crippen LogP contribution in [0.2, 0.25) is 0 Å². The van der Waals surface area contributed by atoms with Crippen LogP contribution in [-0.4, -0.2) is 61.2 Å². The van der Waals surface area contributed by atoms with Gasteiger partial charge >= 0.3 is 0 Å². The summed E-state index contributed by atoms with van der Waals surface area (Å²) in [5, 5.41) is 13.1. The molecule has 1 fully saturated rings. The van der Waals surface area contributed by atoms with Gasteiger partial charge in [0.1, 0.15) is 11.6 Å². The molecule has 7 heteroatoms. The second-order valence-corrected chi connectivity index (χ2v) is 6.67. The van der Waals surface area contributed by atoms with E-state index in [9.17, 15) is 9.90 Å². The average molecular weight is 370 g/mol. The number of carbonyl (C=O) groups excluding carboxylic acids is 1. The number of piperazine rings is 1. The normalized spacial score (nSPS) is 16.0. The molecule has 0 radical (unpaired) electrons. The van der Waals surface area contributed by atoms with Gasteiger partial charge in [0, 0.05) is 44.5 Å². The van der Waals surface area contributed by atoms with E-state index in [1.807, 2.05) is 12.1 Å². The van der Waals surface area contributed by atoms with E-state index in [1.54, 1.807) is 37.6 Å². The van der Waals surface area contributed by atoms with Gasteiger partial charge in [-0.1, -0.05) is 18.2 Å². The van der Waals surface area contributed by atoms with Crippen LogP contribution in [-0.2, 0) is 11.3 Å². The van der Waals surface area contributed by atoms with Crippen molar-refractivity contribution in [3.05, 3.63) is 53.7 Å². The number of amides is 1. The number of methoxy groups -OCH3 is 1. The largest absolute Gasteiger partial charge is 0.497 e. The standard InChI is InChI=1S/C20H26N4O3/c1-23-10-12-24(13-11-23)19-16(4-3-9-21-19)14-22-20(26)18(25)15-5-7-17(27-2)8-6-15/h3-9,18,25H,10-14H2,1-2H3,(H,22,26). The number of anilines is 1. The molecule has 2 aromatic rings. The highest BCUT2D eigenvalue weighted by molar-refractivity contribution is 5.82. The Bertz CT molecular complexity index is 758. The van der Waals surface area contributed by atoms with E-state index in [0.29, 0.717) is 17.9 Å². The molecule has 1 atom stereocenters. The van der Waals surface area contributed by atoms with E-state index in [0.717, 1.165) is 37.6 Å². The zero-order valence-electron chi connectivity index (χ0n) is 15.8. The van der Waals surface area contributed by atoms with Crippen molar-refractivity contribution in [3.8, 4) is 5.75 Å². The Balaban J connectivity index is 1.63. The number of aliphatic hydroxyl groups excluding tert-OH is 1. The molecule has 27 heavy (non-hydrogen) atoms. The highest BCUT2D eigenvalue weighted by Gasteiger charge is 2.20. The molecular formula is C20H26N4O3. The maximum Gasteiger partial charge on any atom is 0.253 e. The van der Waals surface area contributed by atoms with Crippen molar-refractivity contribution in [3.63, 3.8) is 0 Å². The van der Waals surface area contributed by atoms with Crippen LogP contribution in [0.1, 0.15) is 17.2 Å². The fourth-order valence-electron chi connectivity index (χ4n) is 3.09. The van der Waals surface area contributed by atoms with E-state index >= 15 is 0 Å². The fraction of sp³-hybridized carbons (Fsp3) is 0.400. The van der Waals surface area contributed by atoms with Gasteiger partial charge in [0.25, 0.3) is 5.91 Å². The quantitative estimate of drug-likeness (QED) is 0.795. The summed E-state index contributed by atoms with van der Waals surface area (Å²) in [6.07, 6.45) is 0.546. The van der Waals surface area contributed by atoms with Crippen LogP contribution in [0, 0.1) is 0 Å². The summed E-state index contributed by atoms with van der Waals surface area (Å²) < 4.78 is 5.10. The van der Waals surface area contributed by atoms with E-state index in [-0.39, 0.29) is 0 Å². The molecule has 0 aliphatic carbocycles. The Morgan fingerprint density at radius 1 is 1.22 bits per heavy atom. The molecule has 2 heterocycles. The van der Waals surface area contributed by atoms with Crippen LogP contribution in [0.4, 0.5) is 5.82 Å². The summed E-state index contributed by atoms with van der Waals surface area (Å²) in [6.45, 7) is 4.10. The lowest BCUT2D eigenvalue weighted by atomic mass is 10.1. The first-order valence-electron chi connectivity index (χ1n) is 9.05. The third-order valence-corrected chi connectivity index (χ3v) is 4.80. The summed E-state index contributed by atoms with van der Waals surface area (Å²) in [7, 11) is 3.68. The summed E-state index contributed by atoms with van der Waals surface area (Å²) in [4.78, 5) is 21.4. The second-order valence-electron chi connectivity index (χ2n) is 6.67. The number of hydrogen-bond acceptors (Lipinski definition) is 6. The van der Waals surface area contributed by atoms with Crippen molar-refractivity contribution >= 4 is 11.7 Å². The average Bonchev–Trinajstić information content (AvgIpc) is 2.72. The number of carbonyl (C=O) groups is 1. The third kappa shape index (κ3) is 4.75. The number of rotatable bonds is 6. The Hall–Kier alpha value is -2.64. The first-order valence-corrected chi connectivity index (χ1v) is 9.05. The summed E-state index contributed by atoms with van der Waals surface area (Å²) >= 11 is 0. The predicted octanol–water partition coefficient (Wildman–Crippen LogP) is 1.19. The number of aromatic nitrogens is 1. The second kappa shape index (κ2) is 8.83. The number of nitrogens with zero attached hydrogens (tertiary/aromatic N) is 3. The van der Waals surface area contributed by atoms with Crippen molar-refractivity contribution in [2.75, 3.05) is 45.2 Å². The van der Waals surface area contributed by atoms with E-state index < -0.39 is 12.0 Å². The van der Waals surface area contributed by atoms with Gasteiger partial charge in [-0.05, 0) is 30.8 Å². The Morgan fingerprint density at radius 2 is 1.93 bits per heavy atom. The van der Waals surface area contributed by atoms with Crippen LogP contribution < -0.4 is 15.0 Å². The van der Waals surface area contributed by atoms with Crippen LogP contribution in [0.25, 0.3) is 0 Å². The van der Waals surface area contributed by atoms with Gasteiger partial charge in [0.05, 0.1) is 7.11 Å². The number of aliphatic hydroxyl groups is 1. The maximum atomic E-state index is 12.4. The molecule has 2 N–H and O–H groups in total. The minimum absolute atomic E-state index is 0.321. The number of benzene rings is 1. The Morgan fingerprint density at radius 3 is 2.59 bits per heavy atom. The topological polar surface area (TPSA) is 77.9 Å². The lowest BCUT2D eigenvalue weighted by Crippen LogP contribution is -2.45. The highest BCUT2D eigenvalue weighted by atomic mass is 16.5. The molecule has 7 nitrogen and oxygen atoms in total. The van der Waals surface area contributed by atoms with Gasteiger partial charge in [0.2, 0.25) is 0 Å². The van der Waals surface area contributed by atoms with Crippen molar-refractivity contribution in [1.82, 2.24) is 15.2 Å². The highest BCUT2D eigenvalue weighted by Crippen LogP contribution is 2.20. The molecule has 1 aliphatic heterocycles. The molecule has 1 amide bonds. The first-order chi connectivity index (χ1) is 13.1. The molecule has 1 unspecified atom stereocenters. The Kier molecular flexibility index (Phi) is 6.26. The van der Waals surface area contributed by atoms with Gasteiger partial charge in [-0.25, -0.2) is 4.98 Å². The molecule has 1 aliphatic rings. The van der Waals surface area contributed by atoms with Crippen molar-refractivity contribution in [1.29, 1.82) is 0 Å². The molecular weight excluding hydrogens is 344 g/mol. The summed E-state index contributed by atoms with van der Waals surface area (Å²) in [5.41, 5.74) is 1.47. The number of likely N-dealkylation sites (N-methyl/N-ethyl adjacent to an activating group) is 1. The summed E-state index contributed by atoms with van der Waals surface area (Å²) in [6, 6.07) is 10.6. The van der Waals surface area contributed by atoms with Crippen molar-refractivity contribution in [2.24, 2.45) is 0 Å². The smallest absolute Gasteiger partial charge is 0.253 e. The molecule has 1 aromatic heterocycles. The van der Waals surface area contributed by atoms with Crippen LogP contribution >= 0.6 is 0 Å². The molecule has 0 bridgehead atoms. The molecule has 144 valence electrons. The lowest BCUT2D eigenvalue weighted by Gasteiger charge is -2.34. The van der Waals surface area contributed by atoms with Gasteiger partial charge in [0.15, 0.2) is 6.10 Å². The van der Waals surface area contributed by atoms with Gasteiger partial charge in [-0.15, -0.1) is 0 Å². The monoisotopic (exact) mass is 370 g/mol.